The molecule has 0 bridgehead atoms. The number of hydrogen-bond donors (Lipinski definition) is 2. The van der Waals surface area contributed by atoms with Crippen molar-refractivity contribution in [2.75, 3.05) is 6.61 Å². The zero-order valence-corrected chi connectivity index (χ0v) is 17.2. The lowest BCUT2D eigenvalue weighted by Gasteiger charge is -2.23. The molecule has 150 valence electrons. The van der Waals surface area contributed by atoms with Gasteiger partial charge in [0, 0.05) is 5.56 Å². The van der Waals surface area contributed by atoms with Gasteiger partial charge in [0.25, 0.3) is 0 Å². The van der Waals surface area contributed by atoms with Gasteiger partial charge in [-0.25, -0.2) is 4.79 Å². The highest BCUT2D eigenvalue weighted by Gasteiger charge is 2.19. The molecule has 2 amide bonds. The van der Waals surface area contributed by atoms with Crippen LogP contribution in [0.15, 0.2) is 78.9 Å². The number of nitrogens with one attached hydrogen (secondary N) is 2. The number of aryl methyl sites for hydroxylation is 1. The number of ether oxygens (including phenoxy) is 1. The van der Waals surface area contributed by atoms with E-state index in [2.05, 4.69) is 16.7 Å². The van der Waals surface area contributed by atoms with Gasteiger partial charge >= 0.3 is 6.03 Å². The summed E-state index contributed by atoms with van der Waals surface area (Å²) in [6.07, 6.45) is 0. The summed E-state index contributed by atoms with van der Waals surface area (Å²) < 4.78 is 5.74. The number of carbonyl (C=O) groups excluding carboxylic acids is 1. The van der Waals surface area contributed by atoms with Crippen molar-refractivity contribution in [1.29, 1.82) is 0 Å². The Hall–Kier alpha value is -3.27. The zero-order chi connectivity index (χ0) is 20.6. The Kier molecular flexibility index (Phi) is 6.90. The molecule has 0 aliphatic heterocycles. The number of benzene rings is 3. The molecule has 1 atom stereocenters. The Bertz CT molecular complexity index is 887. The molecule has 0 radical (unpaired) electrons. The van der Waals surface area contributed by atoms with Crippen molar-refractivity contribution in [2.24, 2.45) is 0 Å². The molecule has 29 heavy (non-hydrogen) atoms. The highest BCUT2D eigenvalue weighted by Crippen LogP contribution is 2.27. The molecule has 1 unspecified atom stereocenters. The Morgan fingerprint density at radius 3 is 2.03 bits per heavy atom. The van der Waals surface area contributed by atoms with Crippen LogP contribution in [-0.2, 0) is 0 Å². The Balaban J connectivity index is 1.78. The Morgan fingerprint density at radius 1 is 0.897 bits per heavy atom. The lowest BCUT2D eigenvalue weighted by Crippen LogP contribution is -2.39. The van der Waals surface area contributed by atoms with Crippen molar-refractivity contribution in [3.63, 3.8) is 0 Å². The second-order valence-corrected chi connectivity index (χ2v) is 7.07. The number of rotatable bonds is 7. The van der Waals surface area contributed by atoms with Crippen molar-refractivity contribution >= 4 is 6.03 Å². The first-order valence-electron chi connectivity index (χ1n) is 9.98. The third-order valence-corrected chi connectivity index (χ3v) is 4.82. The SMILES string of the molecule is CCOc1ccc(C)cc1C(C)NC(=O)NC(c1ccccc1)c1ccccc1. The van der Waals surface area contributed by atoms with Gasteiger partial charge in [-0.05, 0) is 38.0 Å². The fraction of sp³-hybridized carbons (Fsp3) is 0.240. The monoisotopic (exact) mass is 388 g/mol. The summed E-state index contributed by atoms with van der Waals surface area (Å²) in [7, 11) is 0. The van der Waals surface area contributed by atoms with Crippen molar-refractivity contribution in [2.45, 2.75) is 32.9 Å². The van der Waals surface area contributed by atoms with E-state index in [1.807, 2.05) is 93.6 Å². The van der Waals surface area contributed by atoms with Crippen LogP contribution in [0.25, 0.3) is 0 Å². The molecule has 0 fully saturated rings. The second-order valence-electron chi connectivity index (χ2n) is 7.07. The molecular formula is C25H28N2O2. The second kappa shape index (κ2) is 9.78. The summed E-state index contributed by atoms with van der Waals surface area (Å²) in [5, 5.41) is 6.19. The van der Waals surface area contributed by atoms with Gasteiger partial charge in [-0.3, -0.25) is 0 Å². The van der Waals surface area contributed by atoms with Crippen LogP contribution in [0, 0.1) is 6.92 Å². The van der Waals surface area contributed by atoms with E-state index in [4.69, 9.17) is 4.74 Å². The molecule has 0 heterocycles. The molecule has 2 N–H and O–H groups in total. The maximum Gasteiger partial charge on any atom is 0.316 e. The molecule has 3 rings (SSSR count). The van der Waals surface area contributed by atoms with E-state index < -0.39 is 0 Å². The third kappa shape index (κ3) is 5.38. The van der Waals surface area contributed by atoms with E-state index in [0.717, 1.165) is 28.0 Å². The summed E-state index contributed by atoms with van der Waals surface area (Å²) in [6, 6.07) is 25.4. The molecule has 4 heteroatoms. The molecule has 3 aromatic rings. The highest BCUT2D eigenvalue weighted by molar-refractivity contribution is 5.75. The van der Waals surface area contributed by atoms with Gasteiger partial charge in [-0.2, -0.15) is 0 Å². The van der Waals surface area contributed by atoms with Gasteiger partial charge in [-0.15, -0.1) is 0 Å². The van der Waals surface area contributed by atoms with Gasteiger partial charge in [0.05, 0.1) is 18.7 Å². The lowest BCUT2D eigenvalue weighted by molar-refractivity contribution is 0.235. The molecule has 0 spiro atoms. The van der Waals surface area contributed by atoms with Crippen LogP contribution >= 0.6 is 0 Å². The Morgan fingerprint density at radius 2 is 1.48 bits per heavy atom. The maximum absolute atomic E-state index is 12.9. The molecule has 0 aliphatic carbocycles. The molecule has 0 saturated heterocycles. The Labute approximate surface area is 172 Å². The van der Waals surface area contributed by atoms with Crippen molar-refractivity contribution < 1.29 is 9.53 Å². The van der Waals surface area contributed by atoms with E-state index in [1.54, 1.807) is 0 Å². The first-order valence-corrected chi connectivity index (χ1v) is 9.98. The van der Waals surface area contributed by atoms with Crippen LogP contribution in [0.2, 0.25) is 0 Å². The van der Waals surface area contributed by atoms with Crippen LogP contribution in [0.1, 0.15) is 48.2 Å². The number of hydrogen-bond acceptors (Lipinski definition) is 2. The van der Waals surface area contributed by atoms with Gasteiger partial charge in [0.15, 0.2) is 0 Å². The van der Waals surface area contributed by atoms with Crippen LogP contribution < -0.4 is 15.4 Å². The minimum absolute atomic E-state index is 0.191. The predicted octanol–water partition coefficient (Wildman–Crippen LogP) is 5.54. The van der Waals surface area contributed by atoms with E-state index in [9.17, 15) is 4.79 Å². The van der Waals surface area contributed by atoms with Gasteiger partial charge in [-0.1, -0.05) is 78.4 Å². The quantitative estimate of drug-likeness (QED) is 0.558. The van der Waals surface area contributed by atoms with E-state index in [-0.39, 0.29) is 18.1 Å². The maximum atomic E-state index is 12.9. The first kappa shape index (κ1) is 20.5. The van der Waals surface area contributed by atoms with Crippen LogP contribution in [0.5, 0.6) is 5.75 Å². The normalized spacial score (nSPS) is 11.7. The van der Waals surface area contributed by atoms with Gasteiger partial charge in [0.2, 0.25) is 0 Å². The van der Waals surface area contributed by atoms with Crippen molar-refractivity contribution in [3.05, 3.63) is 101 Å². The predicted molar refractivity (Wildman–Crippen MR) is 117 cm³/mol. The standard InChI is InChI=1S/C25H28N2O2/c1-4-29-23-16-15-18(2)17-22(23)19(3)26-25(28)27-24(20-11-7-5-8-12-20)21-13-9-6-10-14-21/h5-17,19,24H,4H2,1-3H3,(H2,26,27,28). The summed E-state index contributed by atoms with van der Waals surface area (Å²) in [5.74, 6) is 0.800. The fourth-order valence-corrected chi connectivity index (χ4v) is 3.39. The summed E-state index contributed by atoms with van der Waals surface area (Å²) in [6.45, 7) is 6.54. The summed E-state index contributed by atoms with van der Waals surface area (Å²) in [5.41, 5.74) is 4.17. The fourth-order valence-electron chi connectivity index (χ4n) is 3.39. The number of amides is 2. The minimum atomic E-state index is -0.228. The highest BCUT2D eigenvalue weighted by atomic mass is 16.5. The summed E-state index contributed by atoms with van der Waals surface area (Å²) >= 11 is 0. The molecule has 0 saturated carbocycles. The topological polar surface area (TPSA) is 50.4 Å². The third-order valence-electron chi connectivity index (χ3n) is 4.82. The van der Waals surface area contributed by atoms with E-state index >= 15 is 0 Å². The zero-order valence-electron chi connectivity index (χ0n) is 17.2. The van der Waals surface area contributed by atoms with Gasteiger partial charge < -0.3 is 15.4 Å². The largest absolute Gasteiger partial charge is 0.494 e. The van der Waals surface area contributed by atoms with E-state index in [0.29, 0.717) is 6.61 Å². The molecule has 3 aromatic carbocycles. The lowest BCUT2D eigenvalue weighted by atomic mass is 9.99. The molecule has 4 nitrogen and oxygen atoms in total. The van der Waals surface area contributed by atoms with Gasteiger partial charge in [0.1, 0.15) is 5.75 Å². The average Bonchev–Trinajstić information content (AvgIpc) is 2.74. The molecular weight excluding hydrogens is 360 g/mol. The molecule has 0 aliphatic rings. The summed E-state index contributed by atoms with van der Waals surface area (Å²) in [4.78, 5) is 12.9. The smallest absolute Gasteiger partial charge is 0.316 e. The van der Waals surface area contributed by atoms with E-state index in [1.165, 1.54) is 0 Å². The molecule has 0 aromatic heterocycles. The van der Waals surface area contributed by atoms with Crippen molar-refractivity contribution in [3.8, 4) is 5.75 Å². The number of carbonyl (C=O) groups is 1. The van der Waals surface area contributed by atoms with Crippen LogP contribution in [0.4, 0.5) is 4.79 Å². The number of urea groups is 1. The van der Waals surface area contributed by atoms with Crippen molar-refractivity contribution in [1.82, 2.24) is 10.6 Å². The first-order chi connectivity index (χ1) is 14.1. The average molecular weight is 389 g/mol. The van der Waals surface area contributed by atoms with Crippen LogP contribution in [0.3, 0.4) is 0 Å². The van der Waals surface area contributed by atoms with Crippen LogP contribution in [-0.4, -0.2) is 12.6 Å². The minimum Gasteiger partial charge on any atom is -0.494 e.